The summed E-state index contributed by atoms with van der Waals surface area (Å²) in [6.45, 7) is 1.67. The Kier molecular flexibility index (Phi) is 7.40. The van der Waals surface area contributed by atoms with Gasteiger partial charge in [-0.1, -0.05) is 13.0 Å². The topological polar surface area (TPSA) is 94.0 Å². The molecule has 0 bridgehead atoms. The molecule has 6 nitrogen and oxygen atoms in total. The van der Waals surface area contributed by atoms with E-state index in [2.05, 4.69) is 16.0 Å². The minimum Gasteiger partial charge on any atom is -0.326 e. The summed E-state index contributed by atoms with van der Waals surface area (Å²) in [5, 5.41) is 16.2. The Balaban J connectivity index is 1.81. The molecule has 1 aliphatic heterocycles. The molecular weight excluding hydrogens is 478 g/mol. The zero-order valence-electron chi connectivity index (χ0n) is 18.2. The maximum atomic E-state index is 13.7. The lowest BCUT2D eigenvalue weighted by molar-refractivity contribution is -0.156. The SMILES string of the molecule is CCC(=O)Nc1ccc(NC(=O)[C@@H]2CC(c3ccc(C#N)c(C(F)(F)F)c3)[C@H](C(F)(F)F)N2)cc1. The second-order valence-electron chi connectivity index (χ2n) is 7.96. The fourth-order valence-electron chi connectivity index (χ4n) is 3.87. The molecule has 12 heteroatoms. The van der Waals surface area contributed by atoms with Gasteiger partial charge in [0, 0.05) is 23.7 Å². The van der Waals surface area contributed by atoms with Gasteiger partial charge in [-0.2, -0.15) is 31.6 Å². The highest BCUT2D eigenvalue weighted by molar-refractivity contribution is 5.96. The van der Waals surface area contributed by atoms with Crippen LogP contribution in [0, 0.1) is 11.3 Å². The smallest absolute Gasteiger partial charge is 0.326 e. The van der Waals surface area contributed by atoms with E-state index in [1.165, 1.54) is 30.3 Å². The maximum absolute atomic E-state index is 13.7. The van der Waals surface area contributed by atoms with E-state index in [4.69, 9.17) is 5.26 Å². The van der Waals surface area contributed by atoms with Crippen molar-refractivity contribution in [3.63, 3.8) is 0 Å². The first-order valence-corrected chi connectivity index (χ1v) is 10.5. The summed E-state index contributed by atoms with van der Waals surface area (Å²) in [7, 11) is 0. The number of carbonyl (C=O) groups is 2. The highest BCUT2D eigenvalue weighted by atomic mass is 19.4. The Hall–Kier alpha value is -3.59. The van der Waals surface area contributed by atoms with Gasteiger partial charge in [0.15, 0.2) is 0 Å². The van der Waals surface area contributed by atoms with Crippen molar-refractivity contribution < 1.29 is 35.9 Å². The maximum Gasteiger partial charge on any atom is 0.417 e. The van der Waals surface area contributed by atoms with Crippen LogP contribution in [0.4, 0.5) is 37.7 Å². The number of carbonyl (C=O) groups excluding carboxylic acids is 2. The van der Waals surface area contributed by atoms with E-state index < -0.39 is 53.8 Å². The van der Waals surface area contributed by atoms with E-state index >= 15 is 0 Å². The molecule has 1 saturated heterocycles. The number of anilines is 2. The molecule has 1 fully saturated rings. The van der Waals surface area contributed by atoms with Gasteiger partial charge in [0.05, 0.1) is 23.2 Å². The summed E-state index contributed by atoms with van der Waals surface area (Å²) in [4.78, 5) is 24.1. The predicted octanol–water partition coefficient (Wildman–Crippen LogP) is 4.94. The zero-order valence-corrected chi connectivity index (χ0v) is 18.2. The van der Waals surface area contributed by atoms with Gasteiger partial charge in [0.2, 0.25) is 11.8 Å². The Morgan fingerprint density at radius 2 is 1.63 bits per heavy atom. The standard InChI is InChI=1S/C23H20F6N4O2/c1-2-19(34)31-14-5-7-15(8-6-14)32-21(35)18-10-16(20(33-18)23(27,28)29)12-3-4-13(11-30)17(9-12)22(24,25)26/h3-9,16,18,20,33H,2,10H2,1H3,(H,31,34)(H,32,35)/t16?,18-,20+/m0/s1. The molecule has 2 amide bonds. The van der Waals surface area contributed by atoms with Gasteiger partial charge in [0.25, 0.3) is 0 Å². The molecule has 1 heterocycles. The molecule has 2 aromatic carbocycles. The van der Waals surface area contributed by atoms with E-state index in [1.54, 1.807) is 6.92 Å². The number of halogens is 6. The van der Waals surface area contributed by atoms with Crippen LogP contribution in [-0.4, -0.2) is 30.1 Å². The summed E-state index contributed by atoms with van der Waals surface area (Å²) in [6, 6.07) is 6.10. The lowest BCUT2D eigenvalue weighted by Gasteiger charge is -2.23. The van der Waals surface area contributed by atoms with Crippen molar-refractivity contribution in [3.8, 4) is 6.07 Å². The molecule has 0 spiro atoms. The molecule has 0 radical (unpaired) electrons. The summed E-state index contributed by atoms with van der Waals surface area (Å²) in [5.41, 5.74) is -1.59. The second-order valence-corrected chi connectivity index (χ2v) is 7.96. The molecule has 1 unspecified atom stereocenters. The normalized spacial score (nSPS) is 20.2. The summed E-state index contributed by atoms with van der Waals surface area (Å²) in [5.74, 6) is -2.50. The molecule has 3 rings (SSSR count). The van der Waals surface area contributed by atoms with Crippen LogP contribution >= 0.6 is 0 Å². The summed E-state index contributed by atoms with van der Waals surface area (Å²) < 4.78 is 81.1. The van der Waals surface area contributed by atoms with Crippen LogP contribution in [-0.2, 0) is 15.8 Å². The fraction of sp³-hybridized carbons (Fsp3) is 0.348. The van der Waals surface area contributed by atoms with E-state index in [-0.39, 0.29) is 23.6 Å². The molecule has 0 aromatic heterocycles. The van der Waals surface area contributed by atoms with Crippen LogP contribution in [0.3, 0.4) is 0 Å². The third-order valence-electron chi connectivity index (χ3n) is 5.60. The molecule has 1 aliphatic rings. The van der Waals surface area contributed by atoms with Crippen molar-refractivity contribution >= 4 is 23.2 Å². The van der Waals surface area contributed by atoms with E-state index in [0.717, 1.165) is 12.1 Å². The Morgan fingerprint density at radius 3 is 2.14 bits per heavy atom. The molecular formula is C23H20F6N4O2. The molecule has 3 atom stereocenters. The zero-order chi connectivity index (χ0) is 26.0. The fourth-order valence-corrected chi connectivity index (χ4v) is 3.87. The van der Waals surface area contributed by atoms with Crippen LogP contribution in [0.25, 0.3) is 0 Å². The van der Waals surface area contributed by atoms with Crippen LogP contribution < -0.4 is 16.0 Å². The van der Waals surface area contributed by atoms with Gasteiger partial charge < -0.3 is 10.6 Å². The van der Waals surface area contributed by atoms with Crippen molar-refractivity contribution in [1.82, 2.24) is 5.32 Å². The number of hydrogen-bond donors (Lipinski definition) is 3. The van der Waals surface area contributed by atoms with Gasteiger partial charge in [-0.05, 0) is 48.4 Å². The average molecular weight is 498 g/mol. The molecule has 35 heavy (non-hydrogen) atoms. The lowest BCUT2D eigenvalue weighted by Crippen LogP contribution is -2.46. The largest absolute Gasteiger partial charge is 0.417 e. The van der Waals surface area contributed by atoms with Crippen molar-refractivity contribution in [1.29, 1.82) is 5.26 Å². The number of hydrogen-bond acceptors (Lipinski definition) is 4. The molecule has 2 aromatic rings. The van der Waals surface area contributed by atoms with Gasteiger partial charge in [-0.15, -0.1) is 0 Å². The number of rotatable bonds is 5. The molecule has 0 saturated carbocycles. The number of nitrogens with one attached hydrogen (secondary N) is 3. The van der Waals surface area contributed by atoms with Gasteiger partial charge in [0.1, 0.15) is 6.04 Å². The number of nitriles is 1. The minimum absolute atomic E-state index is 0.224. The first kappa shape index (κ1) is 26.0. The van der Waals surface area contributed by atoms with Gasteiger partial charge in [-0.3, -0.25) is 14.9 Å². The van der Waals surface area contributed by atoms with Gasteiger partial charge in [-0.25, -0.2) is 0 Å². The number of amides is 2. The van der Waals surface area contributed by atoms with Crippen LogP contribution in [0.15, 0.2) is 42.5 Å². The summed E-state index contributed by atoms with van der Waals surface area (Å²) >= 11 is 0. The van der Waals surface area contributed by atoms with Crippen molar-refractivity contribution in [2.24, 2.45) is 0 Å². The van der Waals surface area contributed by atoms with E-state index in [1.807, 2.05) is 0 Å². The Bertz CT molecular complexity index is 1140. The monoisotopic (exact) mass is 498 g/mol. The van der Waals surface area contributed by atoms with E-state index in [9.17, 15) is 35.9 Å². The number of alkyl halides is 6. The van der Waals surface area contributed by atoms with Gasteiger partial charge >= 0.3 is 12.4 Å². The molecule has 3 N–H and O–H groups in total. The second kappa shape index (κ2) is 9.95. The highest BCUT2D eigenvalue weighted by Crippen LogP contribution is 2.42. The summed E-state index contributed by atoms with van der Waals surface area (Å²) in [6.07, 6.45) is -9.92. The number of nitrogens with zero attached hydrogens (tertiary/aromatic N) is 1. The molecule has 186 valence electrons. The van der Waals surface area contributed by atoms with Crippen molar-refractivity contribution in [2.75, 3.05) is 10.6 Å². The third kappa shape index (κ3) is 6.10. The van der Waals surface area contributed by atoms with Crippen LogP contribution in [0.2, 0.25) is 0 Å². The first-order valence-electron chi connectivity index (χ1n) is 10.5. The third-order valence-corrected chi connectivity index (χ3v) is 5.60. The number of benzene rings is 2. The van der Waals surface area contributed by atoms with Crippen LogP contribution in [0.1, 0.15) is 42.4 Å². The first-order chi connectivity index (χ1) is 16.3. The molecule has 0 aliphatic carbocycles. The van der Waals surface area contributed by atoms with Crippen molar-refractivity contribution in [2.45, 2.75) is 50.1 Å². The Labute approximate surface area is 196 Å². The van der Waals surface area contributed by atoms with E-state index in [0.29, 0.717) is 11.8 Å². The average Bonchev–Trinajstić information content (AvgIpc) is 3.25. The Morgan fingerprint density at radius 1 is 1.03 bits per heavy atom. The lowest BCUT2D eigenvalue weighted by atomic mass is 9.88. The van der Waals surface area contributed by atoms with Crippen molar-refractivity contribution in [3.05, 3.63) is 59.2 Å². The minimum atomic E-state index is -4.93. The predicted molar refractivity (Wildman–Crippen MR) is 114 cm³/mol. The quantitative estimate of drug-likeness (QED) is 0.509. The van der Waals surface area contributed by atoms with Crippen LogP contribution in [0.5, 0.6) is 0 Å². The highest BCUT2D eigenvalue weighted by Gasteiger charge is 2.52.